The Morgan fingerprint density at radius 2 is 1.00 bits per heavy atom. The molecular formula is C22H47NO2. The Bertz CT molecular complexity index is 304. The Labute approximate surface area is 158 Å². The lowest BCUT2D eigenvalue weighted by Gasteiger charge is -2.46. The van der Waals surface area contributed by atoms with Crippen LogP contribution in [0.5, 0.6) is 0 Å². The smallest absolute Gasteiger partial charge is 0.228 e. The van der Waals surface area contributed by atoms with E-state index in [0.29, 0.717) is 0 Å². The molecule has 0 aliphatic rings. The van der Waals surface area contributed by atoms with Crippen LogP contribution in [-0.2, 0) is 9.47 Å². The molecule has 0 rings (SSSR count). The lowest BCUT2D eigenvalue weighted by Crippen LogP contribution is -2.61. The van der Waals surface area contributed by atoms with Crippen LogP contribution in [0.25, 0.3) is 0 Å². The molecule has 0 aliphatic heterocycles. The molecule has 0 unspecified atom stereocenters. The predicted molar refractivity (Wildman–Crippen MR) is 110 cm³/mol. The minimum atomic E-state index is -0.752. The maximum absolute atomic E-state index is 6.49. The topological polar surface area (TPSA) is 30.5 Å². The fourth-order valence-corrected chi connectivity index (χ4v) is 3.11. The molecule has 0 aromatic heterocycles. The van der Waals surface area contributed by atoms with Crippen LogP contribution in [0.15, 0.2) is 0 Å². The van der Waals surface area contributed by atoms with Crippen LogP contribution in [0, 0.1) is 0 Å². The van der Waals surface area contributed by atoms with Gasteiger partial charge in [-0.15, -0.1) is 0 Å². The maximum Gasteiger partial charge on any atom is 0.228 e. The van der Waals surface area contributed by atoms with Gasteiger partial charge in [0.2, 0.25) is 5.91 Å². The summed E-state index contributed by atoms with van der Waals surface area (Å²) in [4.78, 5) is 0. The molecule has 25 heavy (non-hydrogen) atoms. The van der Waals surface area contributed by atoms with Gasteiger partial charge in [-0.2, -0.15) is 0 Å². The van der Waals surface area contributed by atoms with Gasteiger partial charge < -0.3 is 9.47 Å². The van der Waals surface area contributed by atoms with Crippen molar-refractivity contribution in [1.29, 1.82) is 0 Å². The van der Waals surface area contributed by atoms with Gasteiger partial charge in [-0.25, -0.2) is 0 Å². The predicted octanol–water partition coefficient (Wildman–Crippen LogP) is 6.80. The van der Waals surface area contributed by atoms with E-state index in [4.69, 9.17) is 9.47 Å². The summed E-state index contributed by atoms with van der Waals surface area (Å²) in [7, 11) is 0. The zero-order valence-corrected chi connectivity index (χ0v) is 19.0. The van der Waals surface area contributed by atoms with E-state index in [0.717, 1.165) is 12.8 Å². The Morgan fingerprint density at radius 3 is 1.36 bits per heavy atom. The number of rotatable bonds is 11. The van der Waals surface area contributed by atoms with E-state index in [1.54, 1.807) is 0 Å². The van der Waals surface area contributed by atoms with E-state index < -0.39 is 5.91 Å². The van der Waals surface area contributed by atoms with Gasteiger partial charge in [0.15, 0.2) is 0 Å². The molecule has 0 saturated heterocycles. The largest absolute Gasteiger partial charge is 0.332 e. The molecule has 0 heterocycles. The molecule has 0 spiro atoms. The molecular weight excluding hydrogens is 310 g/mol. The first kappa shape index (κ1) is 24.9. The van der Waals surface area contributed by atoms with Crippen molar-refractivity contribution in [3.8, 4) is 0 Å². The molecule has 0 amide bonds. The highest BCUT2D eigenvalue weighted by Gasteiger charge is 2.42. The third-order valence-electron chi connectivity index (χ3n) is 3.62. The fourth-order valence-electron chi connectivity index (χ4n) is 3.11. The van der Waals surface area contributed by atoms with Gasteiger partial charge in [0.1, 0.15) is 0 Å². The molecule has 0 atom stereocenters. The molecule has 152 valence electrons. The Hall–Kier alpha value is -0.120. The van der Waals surface area contributed by atoms with E-state index in [1.807, 2.05) is 0 Å². The molecule has 3 nitrogen and oxygen atoms in total. The molecule has 0 bridgehead atoms. The van der Waals surface area contributed by atoms with Crippen LogP contribution in [0.4, 0.5) is 0 Å². The number of unbranched alkanes of at least 4 members (excludes halogenated alkanes) is 6. The Kier molecular flexibility index (Phi) is 10.2. The molecule has 3 heteroatoms. The SMILES string of the molecule is CCCCCCCCCC(NC(C)(C)C)(OC(C)(C)C)OC(C)(C)C. The second kappa shape index (κ2) is 10.3. The number of ether oxygens (including phenoxy) is 2. The summed E-state index contributed by atoms with van der Waals surface area (Å²) < 4.78 is 13.0. The van der Waals surface area contributed by atoms with E-state index in [1.165, 1.54) is 38.5 Å². The van der Waals surface area contributed by atoms with Crippen LogP contribution in [0.2, 0.25) is 0 Å². The summed E-state index contributed by atoms with van der Waals surface area (Å²) in [5, 5.41) is 3.65. The Balaban J connectivity index is 4.99. The third-order valence-corrected chi connectivity index (χ3v) is 3.62. The summed E-state index contributed by atoms with van der Waals surface area (Å²) in [6, 6.07) is 0. The number of hydrogen-bond donors (Lipinski definition) is 1. The van der Waals surface area contributed by atoms with Gasteiger partial charge >= 0.3 is 0 Å². The second-order valence-corrected chi connectivity index (χ2v) is 10.4. The molecule has 0 aromatic carbocycles. The molecule has 0 fully saturated rings. The summed E-state index contributed by atoms with van der Waals surface area (Å²) >= 11 is 0. The van der Waals surface area contributed by atoms with Crippen LogP contribution < -0.4 is 5.32 Å². The van der Waals surface area contributed by atoms with Gasteiger partial charge in [0.25, 0.3) is 0 Å². The molecule has 1 N–H and O–H groups in total. The number of hydrogen-bond acceptors (Lipinski definition) is 3. The highest BCUT2D eigenvalue weighted by Crippen LogP contribution is 2.31. The van der Waals surface area contributed by atoms with Gasteiger partial charge in [-0.05, 0) is 68.7 Å². The highest BCUT2D eigenvalue weighted by atomic mass is 16.7. The molecule has 0 saturated carbocycles. The second-order valence-electron chi connectivity index (χ2n) is 10.4. The standard InChI is InChI=1S/C22H47NO2/c1-11-12-13-14-15-16-17-18-22(23-19(2,3)4,24-20(5,6)7)25-21(8,9)10/h23H,11-18H2,1-10H3. The van der Waals surface area contributed by atoms with E-state index in [-0.39, 0.29) is 16.7 Å². The normalized spacial score (nSPS) is 14.2. The van der Waals surface area contributed by atoms with Crippen molar-refractivity contribution in [2.24, 2.45) is 0 Å². The first-order valence-electron chi connectivity index (χ1n) is 10.4. The quantitative estimate of drug-likeness (QED) is 0.326. The van der Waals surface area contributed by atoms with E-state index >= 15 is 0 Å². The van der Waals surface area contributed by atoms with Crippen molar-refractivity contribution in [3.63, 3.8) is 0 Å². The van der Waals surface area contributed by atoms with Crippen molar-refractivity contribution < 1.29 is 9.47 Å². The summed E-state index contributed by atoms with van der Waals surface area (Å²) in [6.45, 7) is 21.4. The van der Waals surface area contributed by atoms with Crippen molar-refractivity contribution in [2.45, 2.75) is 143 Å². The van der Waals surface area contributed by atoms with Crippen molar-refractivity contribution >= 4 is 0 Å². The molecule has 0 aromatic rings. The summed E-state index contributed by atoms with van der Waals surface area (Å²) in [5.41, 5.74) is -0.632. The third kappa shape index (κ3) is 14.7. The molecule has 0 aliphatic carbocycles. The summed E-state index contributed by atoms with van der Waals surface area (Å²) in [6.07, 6.45) is 9.88. The number of nitrogens with one attached hydrogen (secondary N) is 1. The zero-order chi connectivity index (χ0) is 19.8. The average molecular weight is 358 g/mol. The van der Waals surface area contributed by atoms with Gasteiger partial charge in [0, 0.05) is 12.0 Å². The lowest BCUT2D eigenvalue weighted by atomic mass is 10.0. The minimum Gasteiger partial charge on any atom is -0.332 e. The van der Waals surface area contributed by atoms with Crippen LogP contribution in [0.3, 0.4) is 0 Å². The van der Waals surface area contributed by atoms with Crippen molar-refractivity contribution in [2.75, 3.05) is 0 Å². The minimum absolute atomic E-state index is 0.0857. The van der Waals surface area contributed by atoms with E-state index in [2.05, 4.69) is 74.6 Å². The lowest BCUT2D eigenvalue weighted by molar-refractivity contribution is -0.336. The first-order valence-corrected chi connectivity index (χ1v) is 10.4. The monoisotopic (exact) mass is 357 g/mol. The Morgan fingerprint density at radius 1 is 0.600 bits per heavy atom. The maximum atomic E-state index is 6.49. The van der Waals surface area contributed by atoms with Crippen LogP contribution in [-0.4, -0.2) is 22.7 Å². The van der Waals surface area contributed by atoms with Gasteiger partial charge in [0.05, 0.1) is 11.2 Å². The van der Waals surface area contributed by atoms with Crippen LogP contribution >= 0.6 is 0 Å². The van der Waals surface area contributed by atoms with Gasteiger partial charge in [-0.3, -0.25) is 5.32 Å². The summed E-state index contributed by atoms with van der Waals surface area (Å²) in [5.74, 6) is -0.752. The van der Waals surface area contributed by atoms with E-state index in [9.17, 15) is 0 Å². The average Bonchev–Trinajstić information content (AvgIpc) is 2.31. The highest BCUT2D eigenvalue weighted by molar-refractivity contribution is 4.84. The van der Waals surface area contributed by atoms with Gasteiger partial charge in [-0.1, -0.05) is 45.4 Å². The fraction of sp³-hybridized carbons (Fsp3) is 1.00. The van der Waals surface area contributed by atoms with Crippen LogP contribution in [0.1, 0.15) is 121 Å². The van der Waals surface area contributed by atoms with Crippen molar-refractivity contribution in [3.05, 3.63) is 0 Å². The van der Waals surface area contributed by atoms with Crippen molar-refractivity contribution in [1.82, 2.24) is 5.32 Å². The zero-order valence-electron chi connectivity index (χ0n) is 19.0. The molecule has 0 radical (unpaired) electrons. The first-order chi connectivity index (χ1) is 11.2.